The van der Waals surface area contributed by atoms with Crippen molar-refractivity contribution in [2.45, 2.75) is 50.5 Å². The number of fused-ring (bicyclic) bond motifs is 1. The highest BCUT2D eigenvalue weighted by Gasteiger charge is 2.51. The first-order valence-electron chi connectivity index (χ1n) is 11.2. The van der Waals surface area contributed by atoms with Gasteiger partial charge in [-0.2, -0.15) is 18.4 Å². The summed E-state index contributed by atoms with van der Waals surface area (Å²) in [7, 11) is -4.31. The number of aryl methyl sites for hydroxylation is 1. The van der Waals surface area contributed by atoms with E-state index in [1.807, 2.05) is 6.07 Å². The molecule has 204 valence electrons. The van der Waals surface area contributed by atoms with Gasteiger partial charge in [0, 0.05) is 12.6 Å². The van der Waals surface area contributed by atoms with Gasteiger partial charge in [0.05, 0.1) is 35.3 Å². The molecule has 2 aromatic rings. The Labute approximate surface area is 217 Å². The Morgan fingerprint density at radius 3 is 2.50 bits per heavy atom. The van der Waals surface area contributed by atoms with Crippen molar-refractivity contribution in [2.75, 3.05) is 22.7 Å². The van der Waals surface area contributed by atoms with Gasteiger partial charge in [-0.05, 0) is 56.7 Å². The van der Waals surface area contributed by atoms with Gasteiger partial charge >= 0.3 is 12.3 Å². The van der Waals surface area contributed by atoms with Crippen molar-refractivity contribution in [3.05, 3.63) is 47.5 Å². The molecular weight excluding hydrogens is 529 g/mol. The van der Waals surface area contributed by atoms with E-state index >= 15 is 0 Å². The number of carbonyl (C=O) groups is 2. The number of nitriles is 1. The van der Waals surface area contributed by atoms with E-state index in [1.165, 1.54) is 43.3 Å². The van der Waals surface area contributed by atoms with Crippen LogP contribution in [0.5, 0.6) is 5.75 Å². The summed E-state index contributed by atoms with van der Waals surface area (Å²) in [6.07, 6.45) is -7.02. The molecule has 0 spiro atoms. The molecule has 0 fully saturated rings. The maximum absolute atomic E-state index is 13.8. The first-order chi connectivity index (χ1) is 17.5. The number of sulfonamides is 1. The fourth-order valence-corrected chi connectivity index (χ4v) is 5.23. The second kappa shape index (κ2) is 10.4. The molecule has 14 heteroatoms. The van der Waals surface area contributed by atoms with Crippen molar-refractivity contribution in [2.24, 2.45) is 0 Å². The molecule has 1 aliphatic rings. The SMILES string of the molecule is CC(=O)NCC1CN(S(=O)(=O)c2cc(C#N)ccc2C)c2cc(NC(=O)OC(C)(C)C(F)(F)F)ccc2O1. The fourth-order valence-electron chi connectivity index (χ4n) is 3.48. The van der Waals surface area contributed by atoms with E-state index in [1.54, 1.807) is 6.92 Å². The zero-order valence-electron chi connectivity index (χ0n) is 20.8. The molecular formula is C24H25F3N4O6S. The maximum Gasteiger partial charge on any atom is 0.427 e. The number of benzene rings is 2. The Kier molecular flexibility index (Phi) is 7.83. The maximum atomic E-state index is 13.8. The zero-order valence-corrected chi connectivity index (χ0v) is 21.7. The van der Waals surface area contributed by atoms with Crippen molar-refractivity contribution >= 4 is 33.4 Å². The number of amides is 2. The lowest BCUT2D eigenvalue weighted by atomic mass is 10.1. The third-order valence-corrected chi connectivity index (χ3v) is 7.55. The van der Waals surface area contributed by atoms with Gasteiger partial charge in [-0.25, -0.2) is 13.2 Å². The largest absolute Gasteiger partial charge is 0.484 e. The van der Waals surface area contributed by atoms with E-state index < -0.39 is 34.0 Å². The zero-order chi connectivity index (χ0) is 28.5. The number of rotatable bonds is 6. The summed E-state index contributed by atoms with van der Waals surface area (Å²) in [5.41, 5.74) is -2.37. The van der Waals surface area contributed by atoms with Gasteiger partial charge in [-0.1, -0.05) is 6.07 Å². The minimum Gasteiger partial charge on any atom is -0.484 e. The molecule has 2 aromatic carbocycles. The molecule has 0 aromatic heterocycles. The number of carbonyl (C=O) groups excluding carboxylic acids is 2. The van der Waals surface area contributed by atoms with Crippen LogP contribution in [0, 0.1) is 18.3 Å². The summed E-state index contributed by atoms with van der Waals surface area (Å²) < 4.78 is 78.2. The van der Waals surface area contributed by atoms with Crippen LogP contribution in [-0.4, -0.2) is 51.4 Å². The van der Waals surface area contributed by atoms with Crippen LogP contribution in [-0.2, 0) is 19.6 Å². The van der Waals surface area contributed by atoms with Crippen molar-refractivity contribution in [1.29, 1.82) is 5.26 Å². The number of hydrogen-bond acceptors (Lipinski definition) is 7. The Hall–Kier alpha value is -3.99. The van der Waals surface area contributed by atoms with Crippen LogP contribution in [0.25, 0.3) is 0 Å². The molecule has 38 heavy (non-hydrogen) atoms. The van der Waals surface area contributed by atoms with Crippen LogP contribution < -0.4 is 19.7 Å². The van der Waals surface area contributed by atoms with E-state index in [4.69, 9.17) is 4.74 Å². The van der Waals surface area contributed by atoms with Gasteiger partial charge in [0.25, 0.3) is 10.0 Å². The van der Waals surface area contributed by atoms with Crippen molar-refractivity contribution in [1.82, 2.24) is 5.32 Å². The summed E-state index contributed by atoms with van der Waals surface area (Å²) in [4.78, 5) is 23.4. The van der Waals surface area contributed by atoms with Crippen LogP contribution in [0.4, 0.5) is 29.3 Å². The van der Waals surface area contributed by atoms with E-state index in [0.29, 0.717) is 19.4 Å². The summed E-state index contributed by atoms with van der Waals surface area (Å²) in [5.74, 6) is -0.273. The molecule has 1 heterocycles. The summed E-state index contributed by atoms with van der Waals surface area (Å²) in [5, 5.41) is 14.0. The Balaban J connectivity index is 2.02. The Morgan fingerprint density at radius 1 is 1.21 bits per heavy atom. The van der Waals surface area contributed by atoms with Gasteiger partial charge in [0.15, 0.2) is 0 Å². The topological polar surface area (TPSA) is 138 Å². The lowest BCUT2D eigenvalue weighted by molar-refractivity contribution is -0.242. The van der Waals surface area contributed by atoms with Gasteiger partial charge in [0.2, 0.25) is 11.5 Å². The van der Waals surface area contributed by atoms with E-state index in [9.17, 15) is 36.4 Å². The number of hydrogen-bond donors (Lipinski definition) is 2. The van der Waals surface area contributed by atoms with E-state index in [-0.39, 0.29) is 46.6 Å². The second-order valence-electron chi connectivity index (χ2n) is 9.01. The van der Waals surface area contributed by atoms with Gasteiger partial charge in [-0.15, -0.1) is 0 Å². The lowest BCUT2D eigenvalue weighted by Crippen LogP contribution is -2.48. The van der Waals surface area contributed by atoms with Gasteiger partial charge in [0.1, 0.15) is 11.9 Å². The smallest absolute Gasteiger partial charge is 0.427 e. The lowest BCUT2D eigenvalue weighted by Gasteiger charge is -2.36. The average Bonchev–Trinajstić information content (AvgIpc) is 2.81. The van der Waals surface area contributed by atoms with Crippen LogP contribution in [0.3, 0.4) is 0 Å². The summed E-state index contributed by atoms with van der Waals surface area (Å²) in [6.45, 7) is 3.96. The average molecular weight is 555 g/mol. The summed E-state index contributed by atoms with van der Waals surface area (Å²) in [6, 6.07) is 9.92. The Bertz CT molecular complexity index is 1400. The highest BCUT2D eigenvalue weighted by Crippen LogP contribution is 2.40. The number of nitrogens with one attached hydrogen (secondary N) is 2. The molecule has 1 aliphatic heterocycles. The number of alkyl halides is 3. The molecule has 0 saturated carbocycles. The first kappa shape index (κ1) is 28.6. The molecule has 1 unspecified atom stereocenters. The van der Waals surface area contributed by atoms with Crippen LogP contribution in [0.2, 0.25) is 0 Å². The molecule has 10 nitrogen and oxygen atoms in total. The molecule has 1 atom stereocenters. The van der Waals surface area contributed by atoms with Crippen molar-refractivity contribution in [3.8, 4) is 11.8 Å². The quantitative estimate of drug-likeness (QED) is 0.553. The number of anilines is 2. The second-order valence-corrected chi connectivity index (χ2v) is 10.8. The molecule has 0 saturated heterocycles. The van der Waals surface area contributed by atoms with Gasteiger partial charge in [-0.3, -0.25) is 14.4 Å². The number of halogens is 3. The highest BCUT2D eigenvalue weighted by molar-refractivity contribution is 7.93. The standard InChI is InChI=1S/C24H25F3N4O6S/c1-14-5-6-16(11-28)9-21(14)38(34,35)31-13-18(12-29-15(2)32)36-20-8-7-17(10-19(20)31)30-22(33)37-23(3,4)24(25,26)27/h5-10,18H,12-13H2,1-4H3,(H,29,32)(H,30,33). The first-order valence-corrected chi connectivity index (χ1v) is 12.6. The minimum atomic E-state index is -4.82. The predicted octanol–water partition coefficient (Wildman–Crippen LogP) is 3.85. The van der Waals surface area contributed by atoms with Crippen LogP contribution in [0.1, 0.15) is 31.9 Å². The molecule has 2 amide bonds. The molecule has 0 aliphatic carbocycles. The third-order valence-electron chi connectivity index (χ3n) is 5.63. The van der Waals surface area contributed by atoms with Crippen LogP contribution in [0.15, 0.2) is 41.3 Å². The fraction of sp³-hybridized carbons (Fsp3) is 0.375. The number of nitrogens with zero attached hydrogens (tertiary/aromatic N) is 2. The van der Waals surface area contributed by atoms with Crippen molar-refractivity contribution < 1.29 is 40.7 Å². The summed E-state index contributed by atoms with van der Waals surface area (Å²) >= 11 is 0. The highest BCUT2D eigenvalue weighted by atomic mass is 32.2. The van der Waals surface area contributed by atoms with Crippen LogP contribution >= 0.6 is 0 Å². The minimum absolute atomic E-state index is 0.0151. The normalized spacial score (nSPS) is 15.5. The molecule has 0 bridgehead atoms. The molecule has 0 radical (unpaired) electrons. The molecule has 3 rings (SSSR count). The van der Waals surface area contributed by atoms with Crippen molar-refractivity contribution in [3.63, 3.8) is 0 Å². The molecule has 2 N–H and O–H groups in total. The third kappa shape index (κ3) is 6.10. The monoisotopic (exact) mass is 554 g/mol. The van der Waals surface area contributed by atoms with Gasteiger partial charge < -0.3 is 14.8 Å². The number of ether oxygens (including phenoxy) is 2. The predicted molar refractivity (Wildman–Crippen MR) is 130 cm³/mol. The Morgan fingerprint density at radius 2 is 1.89 bits per heavy atom. The van der Waals surface area contributed by atoms with E-state index in [2.05, 4.69) is 15.4 Å². The van der Waals surface area contributed by atoms with E-state index in [0.717, 1.165) is 4.31 Å².